The molecule has 4 nitrogen and oxygen atoms in total. The predicted octanol–water partition coefficient (Wildman–Crippen LogP) is 2.02. The van der Waals surface area contributed by atoms with Crippen LogP contribution < -0.4 is 5.32 Å². The fraction of sp³-hybridized carbons (Fsp3) is 0.727. The fourth-order valence-electron chi connectivity index (χ4n) is 2.39. The molecular formula is C11H17Br2N3O. The number of amides is 1. The number of nitrogens with zero attached hydrogens (tertiary/aromatic N) is 2. The zero-order valence-corrected chi connectivity index (χ0v) is 13.0. The van der Waals surface area contributed by atoms with Crippen molar-refractivity contribution < 1.29 is 4.79 Å². The van der Waals surface area contributed by atoms with Gasteiger partial charge in [0, 0.05) is 32.8 Å². The second-order valence-corrected chi connectivity index (χ2v) is 6.35. The fourth-order valence-corrected chi connectivity index (χ4v) is 3.71. The smallest absolute Gasteiger partial charge is 0.219 e. The molecule has 0 spiro atoms. The lowest BCUT2D eigenvalue weighted by Crippen LogP contribution is -2.43. The summed E-state index contributed by atoms with van der Waals surface area (Å²) in [6.07, 6.45) is 4.38. The molecule has 0 saturated carbocycles. The van der Waals surface area contributed by atoms with Gasteiger partial charge in [0.2, 0.25) is 5.91 Å². The number of halogens is 2. The highest BCUT2D eigenvalue weighted by molar-refractivity contribution is 9.12. The van der Waals surface area contributed by atoms with Gasteiger partial charge < -0.3 is 15.1 Å². The summed E-state index contributed by atoms with van der Waals surface area (Å²) in [4.78, 5) is 15.5. The Morgan fingerprint density at radius 3 is 3.00 bits per heavy atom. The predicted molar refractivity (Wildman–Crippen MR) is 74.5 cm³/mol. The topological polar surface area (TPSA) is 35.6 Å². The van der Waals surface area contributed by atoms with Gasteiger partial charge in [0.25, 0.3) is 0 Å². The van der Waals surface area contributed by atoms with Crippen LogP contribution in [0.25, 0.3) is 0 Å². The lowest BCUT2D eigenvalue weighted by atomic mass is 9.97. The van der Waals surface area contributed by atoms with Crippen molar-refractivity contribution in [2.45, 2.75) is 24.8 Å². The molecule has 1 fully saturated rings. The van der Waals surface area contributed by atoms with Crippen LogP contribution in [-0.4, -0.2) is 40.4 Å². The van der Waals surface area contributed by atoms with Crippen molar-refractivity contribution in [2.24, 2.45) is 5.92 Å². The van der Waals surface area contributed by atoms with Crippen LogP contribution in [0.5, 0.6) is 0 Å². The summed E-state index contributed by atoms with van der Waals surface area (Å²) < 4.78 is 0.999. The first-order valence-corrected chi connectivity index (χ1v) is 7.56. The Kier molecular flexibility index (Phi) is 4.36. The molecule has 0 bridgehead atoms. The van der Waals surface area contributed by atoms with E-state index in [1.54, 1.807) is 6.92 Å². The van der Waals surface area contributed by atoms with Crippen LogP contribution >= 0.6 is 31.9 Å². The lowest BCUT2D eigenvalue weighted by molar-refractivity contribution is -0.130. The molecule has 0 radical (unpaired) electrons. The van der Waals surface area contributed by atoms with E-state index in [0.29, 0.717) is 5.92 Å². The van der Waals surface area contributed by atoms with E-state index in [2.05, 4.69) is 48.3 Å². The molecule has 2 atom stereocenters. The Labute approximate surface area is 119 Å². The third-order valence-corrected chi connectivity index (χ3v) is 4.45. The number of likely N-dealkylation sites (tertiary alicyclic amines) is 1. The van der Waals surface area contributed by atoms with Gasteiger partial charge in [-0.15, -0.1) is 0 Å². The molecule has 1 N–H and O–H groups in total. The van der Waals surface area contributed by atoms with Gasteiger partial charge in [-0.3, -0.25) is 4.79 Å². The number of nitrogens with one attached hydrogen (secondary N) is 1. The Morgan fingerprint density at radius 2 is 2.41 bits per heavy atom. The largest absolute Gasteiger partial charge is 0.349 e. The molecule has 2 rings (SSSR count). The van der Waals surface area contributed by atoms with Crippen LogP contribution in [0, 0.1) is 5.92 Å². The van der Waals surface area contributed by atoms with Gasteiger partial charge in [0.05, 0.1) is 4.61 Å². The Hall–Kier alpha value is -0.230. The molecule has 2 heterocycles. The van der Waals surface area contributed by atoms with Gasteiger partial charge in [0.15, 0.2) is 5.08 Å². The van der Waals surface area contributed by atoms with Crippen LogP contribution in [0.2, 0.25) is 0 Å². The number of rotatable bonds is 2. The monoisotopic (exact) mass is 365 g/mol. The summed E-state index contributed by atoms with van der Waals surface area (Å²) in [6, 6.07) is 0. The molecule has 96 valence electrons. The second-order valence-electron chi connectivity index (χ2n) is 4.63. The minimum atomic E-state index is 0.157. The van der Waals surface area contributed by atoms with Crippen molar-refractivity contribution in [1.82, 2.24) is 15.1 Å². The molecule has 2 aliphatic rings. The summed E-state index contributed by atoms with van der Waals surface area (Å²) in [6.45, 7) is 4.43. The van der Waals surface area contributed by atoms with Crippen molar-refractivity contribution >= 4 is 37.8 Å². The first-order valence-electron chi connectivity index (χ1n) is 5.85. The molecular weight excluding hydrogens is 350 g/mol. The standard InChI is InChI=1S/C11H17Br2N3O/c1-8(17)15-4-2-3-9(5-15)6-16-7-10(12)14-11(16)13/h7,9,11,14H,2-6H2,1H3. The van der Waals surface area contributed by atoms with Crippen molar-refractivity contribution in [2.75, 3.05) is 19.6 Å². The van der Waals surface area contributed by atoms with Gasteiger partial charge in [-0.1, -0.05) is 0 Å². The maximum atomic E-state index is 11.4. The molecule has 6 heteroatoms. The molecule has 0 aliphatic carbocycles. The zero-order chi connectivity index (χ0) is 12.4. The number of piperidine rings is 1. The van der Waals surface area contributed by atoms with E-state index < -0.39 is 0 Å². The number of hydrogen-bond acceptors (Lipinski definition) is 3. The van der Waals surface area contributed by atoms with E-state index in [4.69, 9.17) is 0 Å². The van der Waals surface area contributed by atoms with Crippen molar-refractivity contribution in [3.05, 3.63) is 10.8 Å². The van der Waals surface area contributed by atoms with Crippen molar-refractivity contribution in [3.8, 4) is 0 Å². The summed E-state index contributed by atoms with van der Waals surface area (Å²) in [5.41, 5.74) is 0. The van der Waals surface area contributed by atoms with Gasteiger partial charge >= 0.3 is 0 Å². The van der Waals surface area contributed by atoms with Gasteiger partial charge in [-0.25, -0.2) is 0 Å². The average Bonchev–Trinajstić information content (AvgIpc) is 2.58. The van der Waals surface area contributed by atoms with Crippen LogP contribution in [0.4, 0.5) is 0 Å². The molecule has 0 aromatic carbocycles. The van der Waals surface area contributed by atoms with E-state index in [0.717, 1.165) is 30.7 Å². The first-order chi connectivity index (χ1) is 8.06. The van der Waals surface area contributed by atoms with Gasteiger partial charge in [-0.05, 0) is 50.6 Å². The molecule has 2 unspecified atom stereocenters. The Balaban J connectivity index is 1.88. The van der Waals surface area contributed by atoms with Crippen molar-refractivity contribution in [1.29, 1.82) is 0 Å². The van der Waals surface area contributed by atoms with E-state index in [-0.39, 0.29) is 11.0 Å². The molecule has 1 amide bonds. The van der Waals surface area contributed by atoms with Gasteiger partial charge in [0.1, 0.15) is 0 Å². The van der Waals surface area contributed by atoms with E-state index >= 15 is 0 Å². The molecule has 17 heavy (non-hydrogen) atoms. The number of alkyl halides is 1. The quantitative estimate of drug-likeness (QED) is 0.600. The number of hydrogen-bond donors (Lipinski definition) is 1. The Bertz CT molecular complexity index is 335. The van der Waals surface area contributed by atoms with E-state index in [9.17, 15) is 4.79 Å². The van der Waals surface area contributed by atoms with Crippen LogP contribution in [0.15, 0.2) is 10.8 Å². The summed E-state index contributed by atoms with van der Waals surface area (Å²) >= 11 is 7.00. The van der Waals surface area contributed by atoms with E-state index in [1.165, 1.54) is 6.42 Å². The van der Waals surface area contributed by atoms with Gasteiger partial charge in [-0.2, -0.15) is 0 Å². The minimum Gasteiger partial charge on any atom is -0.349 e. The summed E-state index contributed by atoms with van der Waals surface area (Å²) in [7, 11) is 0. The molecule has 1 saturated heterocycles. The Morgan fingerprint density at radius 1 is 1.65 bits per heavy atom. The lowest BCUT2D eigenvalue weighted by Gasteiger charge is -2.34. The van der Waals surface area contributed by atoms with Crippen LogP contribution in [0.1, 0.15) is 19.8 Å². The highest BCUT2D eigenvalue weighted by Crippen LogP contribution is 2.24. The maximum absolute atomic E-state index is 11.4. The van der Waals surface area contributed by atoms with E-state index in [1.807, 2.05) is 4.90 Å². The normalized spacial score (nSPS) is 29.0. The molecule has 0 aromatic rings. The number of carbonyl (C=O) groups is 1. The average molecular weight is 367 g/mol. The maximum Gasteiger partial charge on any atom is 0.219 e. The SMILES string of the molecule is CC(=O)N1CCCC(CN2C=C(Br)NC2Br)C1. The molecule has 0 aromatic heterocycles. The summed E-state index contributed by atoms with van der Waals surface area (Å²) in [5.74, 6) is 0.755. The first kappa shape index (κ1) is 13.2. The summed E-state index contributed by atoms with van der Waals surface area (Å²) in [5, 5.41) is 3.39. The highest BCUT2D eigenvalue weighted by atomic mass is 79.9. The highest BCUT2D eigenvalue weighted by Gasteiger charge is 2.26. The molecule has 2 aliphatic heterocycles. The van der Waals surface area contributed by atoms with Crippen LogP contribution in [-0.2, 0) is 4.79 Å². The zero-order valence-electron chi connectivity index (χ0n) is 9.83. The minimum absolute atomic E-state index is 0.157. The van der Waals surface area contributed by atoms with Crippen LogP contribution in [0.3, 0.4) is 0 Å². The van der Waals surface area contributed by atoms with Crippen molar-refractivity contribution in [3.63, 3.8) is 0 Å². The number of carbonyl (C=O) groups excluding carboxylic acids is 1. The third kappa shape index (κ3) is 3.37. The second kappa shape index (κ2) is 5.61. The third-order valence-electron chi connectivity index (χ3n) is 3.26.